The normalized spacial score (nSPS) is 10.5. The van der Waals surface area contributed by atoms with E-state index in [1.165, 1.54) is 18.7 Å². The molecule has 0 saturated carbocycles. The van der Waals surface area contributed by atoms with Gasteiger partial charge in [0.15, 0.2) is 11.5 Å². The lowest BCUT2D eigenvalue weighted by molar-refractivity contribution is 0.112. The van der Waals surface area contributed by atoms with E-state index in [0.717, 1.165) is 5.75 Å². The molecule has 2 aromatic rings. The average molecular weight is 349 g/mol. The van der Waals surface area contributed by atoms with Gasteiger partial charge in [-0.25, -0.2) is 0 Å². The van der Waals surface area contributed by atoms with Crippen molar-refractivity contribution in [1.82, 2.24) is 0 Å². The van der Waals surface area contributed by atoms with Crippen LogP contribution in [0.2, 0.25) is 5.02 Å². The molecule has 0 aliphatic heterocycles. The van der Waals surface area contributed by atoms with Gasteiger partial charge in [-0.3, -0.25) is 4.79 Å². The minimum atomic E-state index is 0.308. The highest BCUT2D eigenvalue weighted by atomic mass is 35.5. The van der Waals surface area contributed by atoms with Crippen molar-refractivity contribution in [3.63, 3.8) is 0 Å². The van der Waals surface area contributed by atoms with Gasteiger partial charge < -0.3 is 14.2 Å². The predicted molar refractivity (Wildman–Crippen MR) is 94.9 cm³/mol. The Balaban J connectivity index is 1.91. The van der Waals surface area contributed by atoms with Gasteiger partial charge in [0.1, 0.15) is 25.2 Å². The van der Waals surface area contributed by atoms with Crippen molar-refractivity contribution in [2.45, 2.75) is 19.8 Å². The standard InChI is InChI=1S/C19H21ClO4/c1-13(2)15-4-6-16(7-5-15)23-8-9-24-19-17(20)10-14(12-21)11-18(19)22-3/h4-7,10-13H,8-9H2,1-3H3. The molecule has 0 fully saturated rings. The monoisotopic (exact) mass is 348 g/mol. The van der Waals surface area contributed by atoms with Crippen LogP contribution in [0.3, 0.4) is 0 Å². The topological polar surface area (TPSA) is 44.8 Å². The summed E-state index contributed by atoms with van der Waals surface area (Å²) in [6.45, 7) is 4.98. The Bertz CT molecular complexity index is 681. The van der Waals surface area contributed by atoms with E-state index in [4.69, 9.17) is 25.8 Å². The van der Waals surface area contributed by atoms with Crippen molar-refractivity contribution in [3.8, 4) is 17.2 Å². The lowest BCUT2D eigenvalue weighted by atomic mass is 10.0. The summed E-state index contributed by atoms with van der Waals surface area (Å²) in [5, 5.41) is 0.331. The van der Waals surface area contributed by atoms with E-state index >= 15 is 0 Å². The van der Waals surface area contributed by atoms with Gasteiger partial charge in [-0.2, -0.15) is 0 Å². The molecule has 128 valence electrons. The Kier molecular flexibility index (Phi) is 6.50. The molecule has 0 amide bonds. The van der Waals surface area contributed by atoms with E-state index in [1.807, 2.05) is 12.1 Å². The number of methoxy groups -OCH3 is 1. The summed E-state index contributed by atoms with van der Waals surface area (Å²) in [7, 11) is 1.50. The van der Waals surface area contributed by atoms with Crippen molar-refractivity contribution in [2.75, 3.05) is 20.3 Å². The van der Waals surface area contributed by atoms with Gasteiger partial charge in [-0.15, -0.1) is 0 Å². The second-order valence-corrected chi connectivity index (χ2v) is 5.98. The fourth-order valence-corrected chi connectivity index (χ4v) is 2.47. The van der Waals surface area contributed by atoms with Gasteiger partial charge in [0.2, 0.25) is 0 Å². The van der Waals surface area contributed by atoms with Gasteiger partial charge in [0.25, 0.3) is 0 Å². The molecular weight excluding hydrogens is 328 g/mol. The maximum Gasteiger partial charge on any atom is 0.179 e. The molecule has 0 atom stereocenters. The summed E-state index contributed by atoms with van der Waals surface area (Å²) in [4.78, 5) is 10.8. The van der Waals surface area contributed by atoms with Crippen LogP contribution in [0.15, 0.2) is 36.4 Å². The summed E-state index contributed by atoms with van der Waals surface area (Å²) < 4.78 is 16.5. The van der Waals surface area contributed by atoms with Crippen LogP contribution < -0.4 is 14.2 Å². The van der Waals surface area contributed by atoms with Crippen molar-refractivity contribution in [2.24, 2.45) is 0 Å². The molecule has 0 heterocycles. The summed E-state index contributed by atoms with van der Waals surface area (Å²) in [5.74, 6) is 2.11. The SMILES string of the molecule is COc1cc(C=O)cc(Cl)c1OCCOc1ccc(C(C)C)cc1. The van der Waals surface area contributed by atoms with E-state index in [2.05, 4.69) is 26.0 Å². The minimum Gasteiger partial charge on any atom is -0.493 e. The largest absolute Gasteiger partial charge is 0.493 e. The van der Waals surface area contributed by atoms with Crippen LogP contribution >= 0.6 is 11.6 Å². The first kappa shape index (κ1) is 18.1. The number of halogens is 1. The quantitative estimate of drug-likeness (QED) is 0.510. The zero-order chi connectivity index (χ0) is 17.5. The Hall–Kier alpha value is -2.20. The molecule has 0 spiro atoms. The third kappa shape index (κ3) is 4.65. The van der Waals surface area contributed by atoms with Crippen LogP contribution in [-0.2, 0) is 0 Å². The third-order valence-corrected chi connectivity index (χ3v) is 3.81. The molecule has 24 heavy (non-hydrogen) atoms. The van der Waals surface area contributed by atoms with E-state index in [1.54, 1.807) is 6.07 Å². The number of ether oxygens (including phenoxy) is 3. The van der Waals surface area contributed by atoms with Crippen molar-refractivity contribution in [3.05, 3.63) is 52.5 Å². The van der Waals surface area contributed by atoms with Gasteiger partial charge in [0, 0.05) is 5.56 Å². The fourth-order valence-electron chi connectivity index (χ4n) is 2.20. The molecule has 0 aliphatic carbocycles. The van der Waals surface area contributed by atoms with E-state index < -0.39 is 0 Å². The molecule has 0 N–H and O–H groups in total. The molecule has 4 nitrogen and oxygen atoms in total. The first-order chi connectivity index (χ1) is 11.5. The second-order valence-electron chi connectivity index (χ2n) is 5.57. The fraction of sp³-hybridized carbons (Fsp3) is 0.316. The van der Waals surface area contributed by atoms with Crippen molar-refractivity contribution < 1.29 is 19.0 Å². The molecule has 0 radical (unpaired) electrons. The smallest absolute Gasteiger partial charge is 0.179 e. The number of hydrogen-bond donors (Lipinski definition) is 0. The molecule has 0 unspecified atom stereocenters. The summed E-state index contributed by atoms with van der Waals surface area (Å²) in [6.07, 6.45) is 0.710. The summed E-state index contributed by atoms with van der Waals surface area (Å²) >= 11 is 6.13. The molecule has 2 rings (SSSR count). The molecule has 0 aromatic heterocycles. The number of carbonyl (C=O) groups is 1. The second kappa shape index (κ2) is 8.60. The molecule has 0 saturated heterocycles. The molecule has 5 heteroatoms. The number of carbonyl (C=O) groups excluding carboxylic acids is 1. The van der Waals surface area contributed by atoms with Crippen LogP contribution in [0.4, 0.5) is 0 Å². The molecule has 0 bridgehead atoms. The number of aldehydes is 1. The summed E-state index contributed by atoms with van der Waals surface area (Å²) in [5.41, 5.74) is 1.70. The zero-order valence-electron chi connectivity index (χ0n) is 14.0. The first-order valence-electron chi connectivity index (χ1n) is 7.73. The van der Waals surface area contributed by atoms with E-state index in [9.17, 15) is 4.79 Å². The maximum atomic E-state index is 10.8. The lowest BCUT2D eigenvalue weighted by Gasteiger charge is -2.13. The number of hydrogen-bond acceptors (Lipinski definition) is 4. The molecule has 2 aromatic carbocycles. The van der Waals surface area contributed by atoms with Gasteiger partial charge in [-0.05, 0) is 35.7 Å². The van der Waals surface area contributed by atoms with Gasteiger partial charge in [-0.1, -0.05) is 37.6 Å². The molecule has 0 aliphatic rings. The Morgan fingerprint density at radius 1 is 1.08 bits per heavy atom. The maximum absolute atomic E-state index is 10.8. The van der Waals surface area contributed by atoms with Crippen LogP contribution in [0, 0.1) is 0 Å². The first-order valence-corrected chi connectivity index (χ1v) is 8.11. The number of rotatable bonds is 8. The predicted octanol–water partition coefficient (Wildman–Crippen LogP) is 4.74. The Morgan fingerprint density at radius 3 is 2.33 bits per heavy atom. The highest BCUT2D eigenvalue weighted by Crippen LogP contribution is 2.36. The van der Waals surface area contributed by atoms with Crippen LogP contribution in [0.25, 0.3) is 0 Å². The third-order valence-electron chi connectivity index (χ3n) is 3.53. The van der Waals surface area contributed by atoms with Crippen molar-refractivity contribution in [1.29, 1.82) is 0 Å². The summed E-state index contributed by atoms with van der Waals surface area (Å²) in [6, 6.07) is 11.1. The highest BCUT2D eigenvalue weighted by Gasteiger charge is 2.12. The van der Waals surface area contributed by atoms with Gasteiger partial charge in [0.05, 0.1) is 12.1 Å². The van der Waals surface area contributed by atoms with Crippen LogP contribution in [0.1, 0.15) is 35.7 Å². The number of benzene rings is 2. The Labute approximate surface area is 147 Å². The highest BCUT2D eigenvalue weighted by molar-refractivity contribution is 6.32. The minimum absolute atomic E-state index is 0.308. The molecular formula is C19H21ClO4. The van der Waals surface area contributed by atoms with E-state index in [0.29, 0.717) is 47.5 Å². The van der Waals surface area contributed by atoms with Crippen LogP contribution in [0.5, 0.6) is 17.2 Å². The van der Waals surface area contributed by atoms with E-state index in [-0.39, 0.29) is 0 Å². The average Bonchev–Trinajstić information content (AvgIpc) is 2.59. The zero-order valence-corrected chi connectivity index (χ0v) is 14.8. The Morgan fingerprint density at radius 2 is 1.75 bits per heavy atom. The lowest BCUT2D eigenvalue weighted by Crippen LogP contribution is -2.10. The van der Waals surface area contributed by atoms with Gasteiger partial charge >= 0.3 is 0 Å². The van der Waals surface area contributed by atoms with Crippen LogP contribution in [-0.4, -0.2) is 26.6 Å². The van der Waals surface area contributed by atoms with Crippen molar-refractivity contribution >= 4 is 17.9 Å².